The second kappa shape index (κ2) is 5.35. The van der Waals surface area contributed by atoms with Crippen molar-refractivity contribution >= 4 is 15.9 Å². The van der Waals surface area contributed by atoms with E-state index < -0.39 is 0 Å². The molecule has 0 aliphatic heterocycles. The molecule has 1 saturated carbocycles. The van der Waals surface area contributed by atoms with Crippen LogP contribution in [-0.4, -0.2) is 30.4 Å². The van der Waals surface area contributed by atoms with Gasteiger partial charge in [0, 0.05) is 11.9 Å². The molecule has 0 atom stereocenters. The summed E-state index contributed by atoms with van der Waals surface area (Å²) in [6.45, 7) is 4.82. The lowest BCUT2D eigenvalue weighted by atomic mass is 9.70. The van der Waals surface area contributed by atoms with Gasteiger partial charge in [-0.25, -0.2) is 0 Å². The maximum Gasteiger partial charge on any atom is 0.0100 e. The maximum absolute atomic E-state index is 3.65. The van der Waals surface area contributed by atoms with Crippen LogP contribution >= 0.6 is 15.9 Å². The molecule has 1 aliphatic rings. The minimum atomic E-state index is 0.627. The van der Waals surface area contributed by atoms with Crippen molar-refractivity contribution in [2.45, 2.75) is 39.0 Å². The van der Waals surface area contributed by atoms with Crippen LogP contribution in [0.4, 0.5) is 0 Å². The molecule has 0 bridgehead atoms. The second-order valence-electron chi connectivity index (χ2n) is 4.58. The summed E-state index contributed by atoms with van der Waals surface area (Å²) in [7, 11) is 2.26. The first-order valence-electron chi connectivity index (χ1n) is 5.47. The molecule has 1 fully saturated rings. The highest BCUT2D eigenvalue weighted by atomic mass is 79.9. The Morgan fingerprint density at radius 1 is 1.38 bits per heavy atom. The molecule has 0 N–H and O–H groups in total. The minimum Gasteiger partial charge on any atom is -0.306 e. The van der Waals surface area contributed by atoms with E-state index in [-0.39, 0.29) is 0 Å². The van der Waals surface area contributed by atoms with E-state index in [0.717, 1.165) is 0 Å². The van der Waals surface area contributed by atoms with E-state index in [1.165, 1.54) is 50.5 Å². The van der Waals surface area contributed by atoms with Gasteiger partial charge >= 0.3 is 0 Å². The Balaban J connectivity index is 2.21. The topological polar surface area (TPSA) is 3.24 Å². The number of nitrogens with zero attached hydrogens (tertiary/aromatic N) is 1. The lowest BCUT2D eigenvalue weighted by Crippen LogP contribution is -2.42. The minimum absolute atomic E-state index is 0.627. The molecule has 2 heteroatoms. The number of halogens is 1. The standard InChI is InChI=1S/C11H22BrN/c1-3-4-8-13(2)10-11(9-12)6-5-7-11/h3-10H2,1-2H3. The summed E-state index contributed by atoms with van der Waals surface area (Å²) >= 11 is 3.65. The number of alkyl halides is 1. The molecule has 0 aromatic heterocycles. The van der Waals surface area contributed by atoms with Crippen molar-refractivity contribution < 1.29 is 0 Å². The van der Waals surface area contributed by atoms with Gasteiger partial charge < -0.3 is 4.90 Å². The Labute approximate surface area is 91.0 Å². The van der Waals surface area contributed by atoms with Crippen LogP contribution in [0.5, 0.6) is 0 Å². The Morgan fingerprint density at radius 2 is 2.08 bits per heavy atom. The third-order valence-electron chi connectivity index (χ3n) is 3.20. The molecule has 78 valence electrons. The van der Waals surface area contributed by atoms with E-state index in [1.54, 1.807) is 0 Å². The summed E-state index contributed by atoms with van der Waals surface area (Å²) in [6, 6.07) is 0. The fourth-order valence-electron chi connectivity index (χ4n) is 2.09. The molecule has 0 spiro atoms. The van der Waals surface area contributed by atoms with Gasteiger partial charge in [-0.1, -0.05) is 35.7 Å². The molecule has 0 amide bonds. The Kier molecular flexibility index (Phi) is 4.74. The molecule has 0 aromatic rings. The normalized spacial score (nSPS) is 20.3. The Hall–Kier alpha value is 0.440. The summed E-state index contributed by atoms with van der Waals surface area (Å²) in [6.07, 6.45) is 6.94. The Bertz CT molecular complexity index is 138. The van der Waals surface area contributed by atoms with Gasteiger partial charge in [-0.3, -0.25) is 0 Å². The molecular formula is C11H22BrN. The van der Waals surface area contributed by atoms with E-state index in [0.29, 0.717) is 5.41 Å². The van der Waals surface area contributed by atoms with Crippen LogP contribution in [0.15, 0.2) is 0 Å². The van der Waals surface area contributed by atoms with E-state index >= 15 is 0 Å². The molecule has 1 aliphatic carbocycles. The van der Waals surface area contributed by atoms with Crippen molar-refractivity contribution in [1.29, 1.82) is 0 Å². The van der Waals surface area contributed by atoms with E-state index in [2.05, 4.69) is 34.8 Å². The van der Waals surface area contributed by atoms with Crippen LogP contribution < -0.4 is 0 Å². The van der Waals surface area contributed by atoms with Crippen molar-refractivity contribution in [3.8, 4) is 0 Å². The highest BCUT2D eigenvalue weighted by Crippen LogP contribution is 2.42. The second-order valence-corrected chi connectivity index (χ2v) is 5.14. The summed E-state index contributed by atoms with van der Waals surface area (Å²) in [5.41, 5.74) is 0.627. The van der Waals surface area contributed by atoms with Gasteiger partial charge in [0.1, 0.15) is 0 Å². The first-order valence-corrected chi connectivity index (χ1v) is 6.59. The number of rotatable bonds is 6. The summed E-state index contributed by atoms with van der Waals surface area (Å²) in [5.74, 6) is 0. The van der Waals surface area contributed by atoms with Gasteiger partial charge in [-0.15, -0.1) is 0 Å². The van der Waals surface area contributed by atoms with Gasteiger partial charge in [0.2, 0.25) is 0 Å². The third kappa shape index (κ3) is 3.25. The molecular weight excluding hydrogens is 226 g/mol. The quantitative estimate of drug-likeness (QED) is 0.652. The lowest BCUT2D eigenvalue weighted by molar-refractivity contribution is 0.105. The molecule has 1 rings (SSSR count). The molecule has 0 radical (unpaired) electrons. The number of hydrogen-bond acceptors (Lipinski definition) is 1. The first-order chi connectivity index (χ1) is 6.22. The number of unbranched alkanes of at least 4 members (excludes halogenated alkanes) is 1. The van der Waals surface area contributed by atoms with Crippen molar-refractivity contribution in [3.05, 3.63) is 0 Å². The summed E-state index contributed by atoms with van der Waals surface area (Å²) in [5, 5.41) is 1.19. The zero-order valence-electron chi connectivity index (χ0n) is 8.98. The largest absolute Gasteiger partial charge is 0.306 e. The molecule has 0 unspecified atom stereocenters. The smallest absolute Gasteiger partial charge is 0.0100 e. The highest BCUT2D eigenvalue weighted by molar-refractivity contribution is 9.09. The fraction of sp³-hybridized carbons (Fsp3) is 1.00. The zero-order valence-corrected chi connectivity index (χ0v) is 10.6. The predicted octanol–water partition coefficient (Wildman–Crippen LogP) is 3.28. The van der Waals surface area contributed by atoms with Crippen molar-refractivity contribution in [2.75, 3.05) is 25.5 Å². The third-order valence-corrected chi connectivity index (χ3v) is 4.39. The van der Waals surface area contributed by atoms with Gasteiger partial charge in [0.25, 0.3) is 0 Å². The van der Waals surface area contributed by atoms with Crippen LogP contribution in [0.25, 0.3) is 0 Å². The SMILES string of the molecule is CCCCN(C)CC1(CBr)CCC1. The molecule has 0 aromatic carbocycles. The summed E-state index contributed by atoms with van der Waals surface area (Å²) < 4.78 is 0. The van der Waals surface area contributed by atoms with Crippen LogP contribution in [-0.2, 0) is 0 Å². The van der Waals surface area contributed by atoms with Crippen LogP contribution in [0, 0.1) is 5.41 Å². The van der Waals surface area contributed by atoms with Gasteiger partial charge in [0.15, 0.2) is 0 Å². The average Bonchev–Trinajstić information content (AvgIpc) is 2.08. The van der Waals surface area contributed by atoms with Gasteiger partial charge in [0.05, 0.1) is 0 Å². The van der Waals surface area contributed by atoms with E-state index in [4.69, 9.17) is 0 Å². The van der Waals surface area contributed by atoms with Gasteiger partial charge in [-0.05, 0) is 38.3 Å². The zero-order chi connectivity index (χ0) is 9.73. The van der Waals surface area contributed by atoms with E-state index in [9.17, 15) is 0 Å². The van der Waals surface area contributed by atoms with Crippen molar-refractivity contribution in [3.63, 3.8) is 0 Å². The van der Waals surface area contributed by atoms with Crippen molar-refractivity contribution in [1.82, 2.24) is 4.90 Å². The molecule has 1 nitrogen and oxygen atoms in total. The van der Waals surface area contributed by atoms with Gasteiger partial charge in [-0.2, -0.15) is 0 Å². The predicted molar refractivity (Wildman–Crippen MR) is 62.5 cm³/mol. The fourth-order valence-corrected chi connectivity index (χ4v) is 2.83. The molecule has 13 heavy (non-hydrogen) atoms. The molecule has 0 heterocycles. The number of hydrogen-bond donors (Lipinski definition) is 0. The van der Waals surface area contributed by atoms with Crippen LogP contribution in [0.3, 0.4) is 0 Å². The monoisotopic (exact) mass is 247 g/mol. The van der Waals surface area contributed by atoms with Crippen LogP contribution in [0.1, 0.15) is 39.0 Å². The van der Waals surface area contributed by atoms with Crippen LogP contribution in [0.2, 0.25) is 0 Å². The van der Waals surface area contributed by atoms with E-state index in [1.807, 2.05) is 0 Å². The first kappa shape index (κ1) is 11.5. The highest BCUT2D eigenvalue weighted by Gasteiger charge is 2.36. The Morgan fingerprint density at radius 3 is 2.46 bits per heavy atom. The lowest BCUT2D eigenvalue weighted by Gasteiger charge is -2.43. The summed E-state index contributed by atoms with van der Waals surface area (Å²) in [4.78, 5) is 2.50. The molecule has 0 saturated heterocycles. The average molecular weight is 248 g/mol. The van der Waals surface area contributed by atoms with Crippen molar-refractivity contribution in [2.24, 2.45) is 5.41 Å². The maximum atomic E-state index is 3.65.